The van der Waals surface area contributed by atoms with Crippen LogP contribution in [-0.4, -0.2) is 42.3 Å². The zero-order valence-electron chi connectivity index (χ0n) is 11.3. The molecule has 1 aromatic heterocycles. The number of piperidine rings is 1. The molecule has 5 heteroatoms. The van der Waals surface area contributed by atoms with Crippen molar-refractivity contribution in [2.24, 2.45) is 0 Å². The Balaban J connectivity index is 1.58. The molecule has 2 fully saturated rings. The SMILES string of the molecule is c1nc(NCC2CCCO2)cc(N2CCCCC2)n1. The first-order valence-electron chi connectivity index (χ1n) is 7.34. The third-order valence-corrected chi connectivity index (χ3v) is 3.87. The van der Waals surface area contributed by atoms with Gasteiger partial charge in [-0.25, -0.2) is 9.97 Å². The monoisotopic (exact) mass is 262 g/mol. The first-order valence-corrected chi connectivity index (χ1v) is 7.34. The summed E-state index contributed by atoms with van der Waals surface area (Å²) in [5.74, 6) is 1.95. The van der Waals surface area contributed by atoms with E-state index in [1.165, 1.54) is 25.7 Å². The quantitative estimate of drug-likeness (QED) is 0.900. The van der Waals surface area contributed by atoms with E-state index in [2.05, 4.69) is 26.3 Å². The fourth-order valence-corrected chi connectivity index (χ4v) is 2.76. The topological polar surface area (TPSA) is 50.3 Å². The van der Waals surface area contributed by atoms with Crippen LogP contribution in [0.25, 0.3) is 0 Å². The molecule has 2 saturated heterocycles. The maximum absolute atomic E-state index is 5.60. The molecule has 2 aliphatic heterocycles. The lowest BCUT2D eigenvalue weighted by Crippen LogP contribution is -2.30. The first-order chi connectivity index (χ1) is 9.42. The normalized spacial score (nSPS) is 23.6. The van der Waals surface area contributed by atoms with Crippen molar-refractivity contribution in [3.05, 3.63) is 12.4 Å². The standard InChI is InChI=1S/C14H22N4O/c1-2-6-18(7-3-1)14-9-13(16-11-17-14)15-10-12-5-4-8-19-12/h9,11-12H,1-8,10H2,(H,15,16,17). The van der Waals surface area contributed by atoms with Gasteiger partial charge in [-0.15, -0.1) is 0 Å². The summed E-state index contributed by atoms with van der Waals surface area (Å²) in [6.07, 6.45) is 8.19. The van der Waals surface area contributed by atoms with Gasteiger partial charge in [-0.2, -0.15) is 0 Å². The molecule has 104 valence electrons. The molecule has 1 aromatic rings. The van der Waals surface area contributed by atoms with Gasteiger partial charge in [0.15, 0.2) is 0 Å². The van der Waals surface area contributed by atoms with E-state index < -0.39 is 0 Å². The summed E-state index contributed by atoms with van der Waals surface area (Å²) in [7, 11) is 0. The number of ether oxygens (including phenoxy) is 1. The maximum atomic E-state index is 5.60. The second-order valence-corrected chi connectivity index (χ2v) is 5.33. The van der Waals surface area contributed by atoms with Gasteiger partial charge in [-0.1, -0.05) is 0 Å². The second kappa shape index (κ2) is 6.19. The van der Waals surface area contributed by atoms with Crippen LogP contribution in [0.5, 0.6) is 0 Å². The van der Waals surface area contributed by atoms with Crippen molar-refractivity contribution < 1.29 is 4.74 Å². The number of aromatic nitrogens is 2. The van der Waals surface area contributed by atoms with Gasteiger partial charge < -0.3 is 15.0 Å². The van der Waals surface area contributed by atoms with Crippen LogP contribution < -0.4 is 10.2 Å². The van der Waals surface area contributed by atoms with Crippen LogP contribution in [0, 0.1) is 0 Å². The van der Waals surface area contributed by atoms with E-state index in [4.69, 9.17) is 4.74 Å². The number of anilines is 2. The molecule has 1 atom stereocenters. The molecule has 0 radical (unpaired) electrons. The molecule has 5 nitrogen and oxygen atoms in total. The number of hydrogen-bond acceptors (Lipinski definition) is 5. The summed E-state index contributed by atoms with van der Waals surface area (Å²) >= 11 is 0. The number of nitrogens with zero attached hydrogens (tertiary/aromatic N) is 3. The van der Waals surface area contributed by atoms with Crippen molar-refractivity contribution in [1.82, 2.24) is 9.97 Å². The van der Waals surface area contributed by atoms with Gasteiger partial charge in [0, 0.05) is 32.3 Å². The van der Waals surface area contributed by atoms with Crippen molar-refractivity contribution in [3.63, 3.8) is 0 Å². The third kappa shape index (κ3) is 3.35. The fourth-order valence-electron chi connectivity index (χ4n) is 2.76. The molecular formula is C14H22N4O. The Morgan fingerprint density at radius 2 is 2.11 bits per heavy atom. The highest BCUT2D eigenvalue weighted by molar-refractivity contribution is 5.48. The average molecular weight is 262 g/mol. The zero-order valence-corrected chi connectivity index (χ0v) is 11.3. The van der Waals surface area contributed by atoms with E-state index in [0.29, 0.717) is 6.10 Å². The van der Waals surface area contributed by atoms with Crippen LogP contribution in [0.2, 0.25) is 0 Å². The molecule has 0 aromatic carbocycles. The maximum Gasteiger partial charge on any atom is 0.134 e. The van der Waals surface area contributed by atoms with Gasteiger partial charge in [-0.05, 0) is 32.1 Å². The minimum absolute atomic E-state index is 0.341. The van der Waals surface area contributed by atoms with Gasteiger partial charge >= 0.3 is 0 Å². The van der Waals surface area contributed by atoms with E-state index in [9.17, 15) is 0 Å². The Hall–Kier alpha value is -1.36. The largest absolute Gasteiger partial charge is 0.376 e. The van der Waals surface area contributed by atoms with Crippen LogP contribution in [0.15, 0.2) is 12.4 Å². The molecule has 0 bridgehead atoms. The molecule has 3 heterocycles. The molecule has 2 aliphatic rings. The Bertz CT molecular complexity index is 400. The lowest BCUT2D eigenvalue weighted by molar-refractivity contribution is 0.120. The first kappa shape index (κ1) is 12.7. The smallest absolute Gasteiger partial charge is 0.134 e. The van der Waals surface area contributed by atoms with Gasteiger partial charge in [0.1, 0.15) is 18.0 Å². The molecule has 0 aliphatic carbocycles. The minimum atomic E-state index is 0.341. The molecule has 0 spiro atoms. The van der Waals surface area contributed by atoms with Crippen LogP contribution in [0.3, 0.4) is 0 Å². The van der Waals surface area contributed by atoms with Gasteiger partial charge in [0.25, 0.3) is 0 Å². The molecule has 1 N–H and O–H groups in total. The van der Waals surface area contributed by atoms with Crippen molar-refractivity contribution in [2.75, 3.05) is 36.5 Å². The average Bonchev–Trinajstić information content (AvgIpc) is 3.00. The van der Waals surface area contributed by atoms with Gasteiger partial charge in [0.05, 0.1) is 6.10 Å². The van der Waals surface area contributed by atoms with Crippen molar-refractivity contribution >= 4 is 11.6 Å². The van der Waals surface area contributed by atoms with Crippen LogP contribution in [-0.2, 0) is 4.74 Å². The Labute approximate surface area is 114 Å². The molecular weight excluding hydrogens is 240 g/mol. The molecule has 19 heavy (non-hydrogen) atoms. The van der Waals surface area contributed by atoms with Gasteiger partial charge in [0.2, 0.25) is 0 Å². The minimum Gasteiger partial charge on any atom is -0.376 e. The fraction of sp³-hybridized carbons (Fsp3) is 0.714. The summed E-state index contributed by atoms with van der Waals surface area (Å²) in [6.45, 7) is 3.97. The van der Waals surface area contributed by atoms with Crippen LogP contribution >= 0.6 is 0 Å². The van der Waals surface area contributed by atoms with Gasteiger partial charge in [-0.3, -0.25) is 0 Å². The zero-order chi connectivity index (χ0) is 12.9. The summed E-state index contributed by atoms with van der Waals surface area (Å²) < 4.78 is 5.60. The summed E-state index contributed by atoms with van der Waals surface area (Å²) in [4.78, 5) is 11.0. The summed E-state index contributed by atoms with van der Waals surface area (Å²) in [6, 6.07) is 2.06. The lowest BCUT2D eigenvalue weighted by Gasteiger charge is -2.27. The number of hydrogen-bond donors (Lipinski definition) is 1. The molecule has 0 saturated carbocycles. The lowest BCUT2D eigenvalue weighted by atomic mass is 10.1. The molecule has 1 unspecified atom stereocenters. The third-order valence-electron chi connectivity index (χ3n) is 3.87. The molecule has 3 rings (SSSR count). The van der Waals surface area contributed by atoms with E-state index in [1.54, 1.807) is 6.33 Å². The number of nitrogens with one attached hydrogen (secondary N) is 1. The van der Waals surface area contributed by atoms with Crippen LogP contribution in [0.4, 0.5) is 11.6 Å². The second-order valence-electron chi connectivity index (χ2n) is 5.33. The Morgan fingerprint density at radius 1 is 1.21 bits per heavy atom. The van der Waals surface area contributed by atoms with Crippen molar-refractivity contribution in [3.8, 4) is 0 Å². The highest BCUT2D eigenvalue weighted by atomic mass is 16.5. The highest BCUT2D eigenvalue weighted by Gasteiger charge is 2.16. The number of rotatable bonds is 4. The summed E-state index contributed by atoms with van der Waals surface area (Å²) in [5.41, 5.74) is 0. The van der Waals surface area contributed by atoms with E-state index in [-0.39, 0.29) is 0 Å². The Morgan fingerprint density at radius 3 is 2.89 bits per heavy atom. The summed E-state index contributed by atoms with van der Waals surface area (Å²) in [5, 5.41) is 3.36. The predicted molar refractivity (Wildman–Crippen MR) is 75.6 cm³/mol. The Kier molecular flexibility index (Phi) is 4.13. The predicted octanol–water partition coefficient (Wildman–Crippen LogP) is 2.06. The van der Waals surface area contributed by atoms with Crippen LogP contribution in [0.1, 0.15) is 32.1 Å². The van der Waals surface area contributed by atoms with Crippen molar-refractivity contribution in [2.45, 2.75) is 38.2 Å². The van der Waals surface area contributed by atoms with E-state index in [1.807, 2.05) is 0 Å². The van der Waals surface area contributed by atoms with Crippen molar-refractivity contribution in [1.29, 1.82) is 0 Å². The molecule has 0 amide bonds. The van der Waals surface area contributed by atoms with E-state index >= 15 is 0 Å². The highest BCUT2D eigenvalue weighted by Crippen LogP contribution is 2.19. The van der Waals surface area contributed by atoms with E-state index in [0.717, 1.165) is 44.3 Å².